The van der Waals surface area contributed by atoms with Gasteiger partial charge < -0.3 is 19.9 Å². The molecule has 1 aromatic carbocycles. The predicted molar refractivity (Wildman–Crippen MR) is 96.2 cm³/mol. The molecule has 1 aromatic rings. The smallest absolute Gasteiger partial charge is 0.409 e. The number of nitrogens with one attached hydrogen (secondary N) is 1. The average molecular weight is 349 g/mol. The molecule has 0 spiro atoms. The molecular formula is C19H28FN3O2. The first kappa shape index (κ1) is 18.0. The van der Waals surface area contributed by atoms with Crippen LogP contribution in [0.2, 0.25) is 0 Å². The highest BCUT2D eigenvalue weighted by Gasteiger charge is 2.30. The molecular weight excluding hydrogens is 321 g/mol. The highest BCUT2D eigenvalue weighted by Crippen LogP contribution is 2.23. The molecule has 1 N–H and O–H groups in total. The van der Waals surface area contributed by atoms with Crippen LogP contribution in [0.4, 0.5) is 14.9 Å². The number of nitrogens with zero attached hydrogens (tertiary/aromatic N) is 2. The van der Waals surface area contributed by atoms with Crippen LogP contribution < -0.4 is 5.32 Å². The van der Waals surface area contributed by atoms with Crippen molar-refractivity contribution < 1.29 is 13.9 Å². The second-order valence-electron chi connectivity index (χ2n) is 6.88. The third-order valence-corrected chi connectivity index (χ3v) is 5.23. The normalized spacial score (nSPS) is 20.5. The van der Waals surface area contributed by atoms with Crippen molar-refractivity contribution in [2.24, 2.45) is 0 Å². The van der Waals surface area contributed by atoms with Gasteiger partial charge in [0.15, 0.2) is 0 Å². The Morgan fingerprint density at radius 2 is 1.92 bits per heavy atom. The number of rotatable bonds is 4. The van der Waals surface area contributed by atoms with Gasteiger partial charge in [-0.3, -0.25) is 0 Å². The zero-order chi connectivity index (χ0) is 17.6. The maximum atomic E-state index is 13.3. The van der Waals surface area contributed by atoms with Crippen LogP contribution in [0.3, 0.4) is 0 Å². The van der Waals surface area contributed by atoms with Crippen LogP contribution in [0.15, 0.2) is 24.3 Å². The summed E-state index contributed by atoms with van der Waals surface area (Å²) in [6, 6.07) is 7.64. The Hall–Kier alpha value is -1.82. The average Bonchev–Trinajstić information content (AvgIpc) is 2.63. The SMILES string of the molecule is CCOC(=O)N1CCC(N2CCC(Nc3cccc(F)c3)CC2)CC1. The van der Waals surface area contributed by atoms with Gasteiger partial charge in [0.2, 0.25) is 0 Å². The van der Waals surface area contributed by atoms with Crippen molar-refractivity contribution in [3.63, 3.8) is 0 Å². The number of amides is 1. The number of hydrogen-bond acceptors (Lipinski definition) is 4. The molecule has 3 rings (SSSR count). The summed E-state index contributed by atoms with van der Waals surface area (Å²) < 4.78 is 18.4. The molecule has 25 heavy (non-hydrogen) atoms. The lowest BCUT2D eigenvalue weighted by Gasteiger charge is -2.41. The highest BCUT2D eigenvalue weighted by atomic mass is 19.1. The lowest BCUT2D eigenvalue weighted by atomic mass is 9.98. The summed E-state index contributed by atoms with van der Waals surface area (Å²) in [5.41, 5.74) is 0.862. The van der Waals surface area contributed by atoms with Gasteiger partial charge in [0.25, 0.3) is 0 Å². The maximum Gasteiger partial charge on any atom is 0.409 e. The van der Waals surface area contributed by atoms with Crippen LogP contribution in [0.5, 0.6) is 0 Å². The quantitative estimate of drug-likeness (QED) is 0.906. The highest BCUT2D eigenvalue weighted by molar-refractivity contribution is 5.67. The van der Waals surface area contributed by atoms with Crippen molar-refractivity contribution in [2.45, 2.75) is 44.7 Å². The van der Waals surface area contributed by atoms with Crippen molar-refractivity contribution in [3.8, 4) is 0 Å². The molecule has 0 saturated carbocycles. The summed E-state index contributed by atoms with van der Waals surface area (Å²) in [5.74, 6) is -0.198. The monoisotopic (exact) mass is 349 g/mol. The molecule has 0 aliphatic carbocycles. The van der Waals surface area contributed by atoms with Crippen LogP contribution in [0.25, 0.3) is 0 Å². The van der Waals surface area contributed by atoms with E-state index in [0.29, 0.717) is 18.7 Å². The Balaban J connectivity index is 1.41. The molecule has 0 bridgehead atoms. The largest absolute Gasteiger partial charge is 0.450 e. The maximum absolute atomic E-state index is 13.3. The van der Waals surface area contributed by atoms with E-state index in [-0.39, 0.29) is 11.9 Å². The lowest BCUT2D eigenvalue weighted by Crippen LogP contribution is -2.50. The van der Waals surface area contributed by atoms with Crippen LogP contribution >= 0.6 is 0 Å². The first-order chi connectivity index (χ1) is 12.2. The Morgan fingerprint density at radius 1 is 1.20 bits per heavy atom. The van der Waals surface area contributed by atoms with E-state index < -0.39 is 0 Å². The Kier molecular flexibility index (Phi) is 6.13. The molecule has 5 nitrogen and oxygen atoms in total. The minimum Gasteiger partial charge on any atom is -0.450 e. The van der Waals surface area contributed by atoms with E-state index in [1.54, 1.807) is 12.1 Å². The van der Waals surface area contributed by atoms with Gasteiger partial charge in [-0.15, -0.1) is 0 Å². The summed E-state index contributed by atoms with van der Waals surface area (Å²) in [6.07, 6.45) is 3.98. The van der Waals surface area contributed by atoms with Gasteiger partial charge in [-0.1, -0.05) is 6.07 Å². The summed E-state index contributed by atoms with van der Waals surface area (Å²) in [6.45, 7) is 5.95. The molecule has 2 heterocycles. The van der Waals surface area contributed by atoms with Crippen molar-refractivity contribution in [1.82, 2.24) is 9.80 Å². The number of carbonyl (C=O) groups excluding carboxylic acids is 1. The fraction of sp³-hybridized carbons (Fsp3) is 0.632. The second kappa shape index (κ2) is 8.52. The number of piperidine rings is 2. The third-order valence-electron chi connectivity index (χ3n) is 5.23. The number of ether oxygens (including phenoxy) is 1. The van der Waals surface area contributed by atoms with E-state index >= 15 is 0 Å². The van der Waals surface area contributed by atoms with E-state index in [4.69, 9.17) is 4.74 Å². The van der Waals surface area contributed by atoms with Gasteiger partial charge in [-0.05, 0) is 50.8 Å². The van der Waals surface area contributed by atoms with Crippen LogP contribution in [-0.4, -0.2) is 60.8 Å². The number of anilines is 1. The van der Waals surface area contributed by atoms with E-state index in [0.717, 1.165) is 57.5 Å². The number of likely N-dealkylation sites (tertiary alicyclic amines) is 2. The summed E-state index contributed by atoms with van der Waals surface area (Å²) >= 11 is 0. The third kappa shape index (κ3) is 4.84. The van der Waals surface area contributed by atoms with E-state index in [9.17, 15) is 9.18 Å². The Morgan fingerprint density at radius 3 is 2.56 bits per heavy atom. The van der Waals surface area contributed by atoms with Crippen LogP contribution in [0, 0.1) is 5.82 Å². The molecule has 0 radical (unpaired) electrons. The topological polar surface area (TPSA) is 44.8 Å². The Bertz CT molecular complexity index is 568. The first-order valence-corrected chi connectivity index (χ1v) is 9.33. The molecule has 2 fully saturated rings. The minimum atomic E-state index is -0.198. The number of carbonyl (C=O) groups is 1. The molecule has 0 aromatic heterocycles. The lowest BCUT2D eigenvalue weighted by molar-refractivity contribution is 0.0674. The molecule has 6 heteroatoms. The summed E-state index contributed by atoms with van der Waals surface area (Å²) in [5, 5.41) is 3.45. The molecule has 138 valence electrons. The zero-order valence-corrected chi connectivity index (χ0v) is 14.9. The molecule has 2 aliphatic rings. The minimum absolute atomic E-state index is 0.182. The molecule has 1 amide bonds. The predicted octanol–water partition coefficient (Wildman–Crippen LogP) is 3.32. The van der Waals surface area contributed by atoms with E-state index in [1.165, 1.54) is 6.07 Å². The molecule has 0 unspecified atom stereocenters. The second-order valence-corrected chi connectivity index (χ2v) is 6.88. The fourth-order valence-electron chi connectivity index (χ4n) is 3.85. The van der Waals surface area contributed by atoms with Crippen molar-refractivity contribution in [1.29, 1.82) is 0 Å². The number of hydrogen-bond donors (Lipinski definition) is 1. The van der Waals surface area contributed by atoms with Gasteiger partial charge in [-0.25, -0.2) is 9.18 Å². The zero-order valence-electron chi connectivity index (χ0n) is 14.9. The first-order valence-electron chi connectivity index (χ1n) is 9.33. The summed E-state index contributed by atoms with van der Waals surface area (Å²) in [7, 11) is 0. The van der Waals surface area contributed by atoms with Gasteiger partial charge >= 0.3 is 6.09 Å². The standard InChI is InChI=1S/C19H28FN3O2/c1-2-25-19(24)23-12-8-18(9-13-23)22-10-6-16(7-11-22)21-17-5-3-4-15(20)14-17/h3-5,14,16,18,21H,2,6-13H2,1H3. The van der Waals surface area contributed by atoms with Gasteiger partial charge in [0.1, 0.15) is 5.82 Å². The summed E-state index contributed by atoms with van der Waals surface area (Å²) in [4.78, 5) is 16.1. The van der Waals surface area contributed by atoms with Gasteiger partial charge in [-0.2, -0.15) is 0 Å². The molecule has 2 aliphatic heterocycles. The van der Waals surface area contributed by atoms with Crippen LogP contribution in [0.1, 0.15) is 32.6 Å². The van der Waals surface area contributed by atoms with Gasteiger partial charge in [0, 0.05) is 44.0 Å². The van der Waals surface area contributed by atoms with E-state index in [2.05, 4.69) is 10.2 Å². The number of benzene rings is 1. The van der Waals surface area contributed by atoms with Crippen LogP contribution in [-0.2, 0) is 4.74 Å². The Labute approximate surface area is 149 Å². The molecule has 2 saturated heterocycles. The van der Waals surface area contributed by atoms with Crippen molar-refractivity contribution >= 4 is 11.8 Å². The van der Waals surface area contributed by atoms with Crippen molar-refractivity contribution in [2.75, 3.05) is 38.1 Å². The van der Waals surface area contributed by atoms with E-state index in [1.807, 2.05) is 17.9 Å². The number of halogens is 1. The fourth-order valence-corrected chi connectivity index (χ4v) is 3.85. The molecule has 0 atom stereocenters. The van der Waals surface area contributed by atoms with Crippen molar-refractivity contribution in [3.05, 3.63) is 30.1 Å². The van der Waals surface area contributed by atoms with Gasteiger partial charge in [0.05, 0.1) is 6.61 Å².